The Balaban J connectivity index is 2.16. The summed E-state index contributed by atoms with van der Waals surface area (Å²) in [6.45, 7) is 5.36. The zero-order valence-corrected chi connectivity index (χ0v) is 16.3. The summed E-state index contributed by atoms with van der Waals surface area (Å²) in [5, 5.41) is 2.54. The third-order valence-corrected chi connectivity index (χ3v) is 4.30. The monoisotopic (exact) mass is 400 g/mol. The van der Waals surface area contributed by atoms with E-state index < -0.39 is 36.2 Å². The molecule has 0 spiro atoms. The third kappa shape index (κ3) is 7.00. The molecule has 1 aliphatic rings. The number of rotatable bonds is 7. The van der Waals surface area contributed by atoms with Crippen molar-refractivity contribution in [3.05, 3.63) is 29.6 Å². The van der Waals surface area contributed by atoms with Gasteiger partial charge in [0.25, 0.3) is 0 Å². The van der Waals surface area contributed by atoms with E-state index in [1.54, 1.807) is 25.7 Å². The van der Waals surface area contributed by atoms with Crippen molar-refractivity contribution in [1.82, 2.24) is 10.2 Å². The van der Waals surface area contributed by atoms with Gasteiger partial charge >= 0.3 is 12.3 Å². The molecule has 1 aromatic rings. The molecule has 0 saturated heterocycles. The molecule has 1 atom stereocenters. The molecule has 1 N–H and O–H groups in total. The van der Waals surface area contributed by atoms with Gasteiger partial charge in [-0.05, 0) is 33.6 Å². The normalized spacial score (nSPS) is 16.1. The number of halogens is 4. The number of alkyl carbamates (subject to hydrolysis) is 1. The quantitative estimate of drug-likeness (QED) is 0.562. The number of benzene rings is 1. The van der Waals surface area contributed by atoms with Gasteiger partial charge in [-0.2, -0.15) is 13.2 Å². The van der Waals surface area contributed by atoms with E-state index >= 15 is 0 Å². The Morgan fingerprint density at radius 2 is 1.96 bits per heavy atom. The van der Waals surface area contributed by atoms with Crippen LogP contribution in [0.5, 0.6) is 0 Å². The Bertz CT molecular complexity index is 687. The Kier molecular flexibility index (Phi) is 7.01. The molecule has 0 aliphatic heterocycles. The first-order chi connectivity index (χ1) is 12.9. The number of carbonyl (C=O) groups excluding carboxylic acids is 1. The smallest absolute Gasteiger partial charge is 0.407 e. The van der Waals surface area contributed by atoms with Crippen molar-refractivity contribution >= 4 is 19.4 Å². The largest absolute Gasteiger partial charge is 0.444 e. The van der Waals surface area contributed by atoms with Crippen LogP contribution in [0.4, 0.5) is 22.4 Å². The van der Waals surface area contributed by atoms with Gasteiger partial charge < -0.3 is 10.1 Å². The number of hydrogen-bond acceptors (Lipinski definition) is 3. The molecule has 1 aliphatic carbocycles. The highest BCUT2D eigenvalue weighted by Crippen LogP contribution is 2.40. The molecule has 4 nitrogen and oxygen atoms in total. The van der Waals surface area contributed by atoms with Crippen molar-refractivity contribution in [2.45, 2.75) is 63.9 Å². The summed E-state index contributed by atoms with van der Waals surface area (Å²) in [7, 11) is 5.56. The summed E-state index contributed by atoms with van der Waals surface area (Å²) in [4.78, 5) is 13.4. The fraction of sp³-hybridized carbons (Fsp3) is 0.632. The molecule has 28 heavy (non-hydrogen) atoms. The van der Waals surface area contributed by atoms with E-state index in [-0.39, 0.29) is 30.2 Å². The molecule has 1 unspecified atom stereocenters. The zero-order valence-electron chi connectivity index (χ0n) is 16.3. The lowest BCUT2D eigenvalue weighted by molar-refractivity contribution is -0.149. The van der Waals surface area contributed by atoms with Crippen LogP contribution in [0, 0.1) is 5.82 Å². The fourth-order valence-electron chi connectivity index (χ4n) is 3.05. The summed E-state index contributed by atoms with van der Waals surface area (Å²) < 4.78 is 59.3. The molecule has 0 aromatic heterocycles. The van der Waals surface area contributed by atoms with Crippen LogP contribution in [0.25, 0.3) is 0 Å². The zero-order chi connectivity index (χ0) is 21.1. The number of alkyl halides is 3. The Morgan fingerprint density at radius 3 is 2.50 bits per heavy atom. The van der Waals surface area contributed by atoms with Crippen LogP contribution in [0.3, 0.4) is 0 Å². The summed E-state index contributed by atoms with van der Waals surface area (Å²) >= 11 is 0. The minimum Gasteiger partial charge on any atom is -0.444 e. The lowest BCUT2D eigenvalue weighted by Gasteiger charge is -2.33. The van der Waals surface area contributed by atoms with Gasteiger partial charge in [0.15, 0.2) is 0 Å². The second-order valence-corrected chi connectivity index (χ2v) is 7.98. The molecular formula is C19H25BF4N2O2. The number of ether oxygens (including phenoxy) is 1. The minimum absolute atomic E-state index is 0.0820. The highest BCUT2D eigenvalue weighted by Gasteiger charge is 2.41. The highest BCUT2D eigenvalue weighted by molar-refractivity contribution is 6.32. The molecular weight excluding hydrogens is 375 g/mol. The first-order valence-electron chi connectivity index (χ1n) is 9.20. The van der Waals surface area contributed by atoms with Crippen molar-refractivity contribution < 1.29 is 27.1 Å². The Labute approximate surface area is 164 Å². The van der Waals surface area contributed by atoms with Gasteiger partial charge in [-0.3, -0.25) is 4.90 Å². The molecule has 2 radical (unpaired) electrons. The van der Waals surface area contributed by atoms with E-state index in [9.17, 15) is 22.4 Å². The molecule has 0 bridgehead atoms. The average Bonchev–Trinajstić information content (AvgIpc) is 3.34. The molecule has 0 heterocycles. The number of carbonyl (C=O) groups is 1. The topological polar surface area (TPSA) is 41.6 Å². The first kappa shape index (κ1) is 22.5. The molecule has 1 amide bonds. The Morgan fingerprint density at radius 1 is 1.32 bits per heavy atom. The predicted molar refractivity (Wildman–Crippen MR) is 99.2 cm³/mol. The maximum Gasteiger partial charge on any atom is 0.407 e. The summed E-state index contributed by atoms with van der Waals surface area (Å²) in [5.74, 6) is -0.831. The minimum atomic E-state index is -4.48. The van der Waals surface area contributed by atoms with Gasteiger partial charge in [0.2, 0.25) is 0 Å². The lowest BCUT2D eigenvalue weighted by Crippen LogP contribution is -2.41. The summed E-state index contributed by atoms with van der Waals surface area (Å²) in [5.41, 5.74) is -0.946. The second kappa shape index (κ2) is 8.72. The molecule has 1 aromatic carbocycles. The van der Waals surface area contributed by atoms with E-state index in [1.807, 2.05) is 0 Å². The van der Waals surface area contributed by atoms with Gasteiger partial charge in [0, 0.05) is 30.7 Å². The molecule has 154 valence electrons. The van der Waals surface area contributed by atoms with Crippen LogP contribution >= 0.6 is 0 Å². The summed E-state index contributed by atoms with van der Waals surface area (Å²) in [6, 6.07) is 2.79. The van der Waals surface area contributed by atoms with Crippen molar-refractivity contribution in [1.29, 1.82) is 0 Å². The van der Waals surface area contributed by atoms with Crippen molar-refractivity contribution in [2.24, 2.45) is 0 Å². The standard InChI is InChI=1S/C19H25BF4N2O2/c1-18(2,3)28-17(27)25-9-10-26(12-7-8-12)15(11-19(22,23)24)13-5-4-6-14(20)16(13)21/h4-6,12,15H,7-11H2,1-3H3,(H,25,27). The second-order valence-electron chi connectivity index (χ2n) is 7.98. The molecule has 9 heteroatoms. The predicted octanol–water partition coefficient (Wildman–Crippen LogP) is 3.60. The lowest BCUT2D eigenvalue weighted by atomic mass is 9.90. The van der Waals surface area contributed by atoms with E-state index in [0.29, 0.717) is 0 Å². The van der Waals surface area contributed by atoms with Crippen molar-refractivity contribution in [3.63, 3.8) is 0 Å². The maximum atomic E-state index is 14.5. The van der Waals surface area contributed by atoms with Gasteiger partial charge in [-0.15, -0.1) is 0 Å². The number of hydrogen-bond donors (Lipinski definition) is 1. The van der Waals surface area contributed by atoms with E-state index in [4.69, 9.17) is 12.6 Å². The number of amides is 1. The van der Waals surface area contributed by atoms with Crippen LogP contribution in [0.2, 0.25) is 0 Å². The SMILES string of the molecule is [B]c1cccc(C(CC(F)(F)F)N(CCNC(=O)OC(C)(C)C)C2CC2)c1F. The fourth-order valence-corrected chi connectivity index (χ4v) is 3.05. The first-order valence-corrected chi connectivity index (χ1v) is 9.20. The highest BCUT2D eigenvalue weighted by atomic mass is 19.4. The molecule has 2 rings (SSSR count). The third-order valence-electron chi connectivity index (χ3n) is 4.30. The van der Waals surface area contributed by atoms with Crippen molar-refractivity contribution in [2.75, 3.05) is 13.1 Å². The summed E-state index contributed by atoms with van der Waals surface area (Å²) in [6.07, 6.45) is -4.87. The average molecular weight is 400 g/mol. The van der Waals surface area contributed by atoms with Crippen LogP contribution in [0.1, 0.15) is 51.6 Å². The van der Waals surface area contributed by atoms with E-state index in [2.05, 4.69) is 5.32 Å². The van der Waals surface area contributed by atoms with Gasteiger partial charge in [0.05, 0.1) is 6.42 Å². The van der Waals surface area contributed by atoms with Crippen LogP contribution in [-0.2, 0) is 4.74 Å². The maximum absolute atomic E-state index is 14.5. The van der Waals surface area contributed by atoms with Crippen LogP contribution in [-0.4, -0.2) is 49.7 Å². The van der Waals surface area contributed by atoms with Crippen LogP contribution in [0.15, 0.2) is 18.2 Å². The Hall–Kier alpha value is -1.77. The number of nitrogens with one attached hydrogen (secondary N) is 1. The molecule has 1 saturated carbocycles. The molecule has 1 fully saturated rings. The van der Waals surface area contributed by atoms with Crippen LogP contribution < -0.4 is 10.8 Å². The van der Waals surface area contributed by atoms with E-state index in [1.165, 1.54) is 18.2 Å². The van der Waals surface area contributed by atoms with Gasteiger partial charge in [0.1, 0.15) is 19.3 Å². The van der Waals surface area contributed by atoms with Crippen molar-refractivity contribution in [3.8, 4) is 0 Å². The van der Waals surface area contributed by atoms with E-state index in [0.717, 1.165) is 12.8 Å². The van der Waals surface area contributed by atoms with Gasteiger partial charge in [-0.25, -0.2) is 9.18 Å². The van der Waals surface area contributed by atoms with Gasteiger partial charge in [-0.1, -0.05) is 23.7 Å². The number of nitrogens with zero attached hydrogens (tertiary/aromatic N) is 1.